The van der Waals surface area contributed by atoms with Gasteiger partial charge in [-0.05, 0) is 45.4 Å². The number of rotatable bonds is 4. The standard InChI is InChI=1S/C21H21N7/c1-5-18-21(25-19-8-6-7-9-27(18)19)16-10-15(16)17-11-20(24-12(2)23-17)28-14(4)22-13(3)26-28/h5-9,11,15-16H,1,10H2,2-4H3/t15?,16-/m1/s1. The molecule has 0 spiro atoms. The Balaban J connectivity index is 1.53. The molecule has 1 aliphatic rings. The molecule has 0 saturated heterocycles. The largest absolute Gasteiger partial charge is 0.300 e. The Morgan fingerprint density at radius 3 is 2.64 bits per heavy atom. The SMILES string of the molecule is C=Cc1c([C@@H]2CC2c2cc(-n3nc(C)nc3C)nc(C)n2)nc2ccccn12. The van der Waals surface area contributed by atoms with Crippen molar-refractivity contribution in [3.8, 4) is 5.82 Å². The average Bonchev–Trinajstić information content (AvgIpc) is 3.28. The van der Waals surface area contributed by atoms with E-state index in [1.165, 1.54) is 0 Å². The Morgan fingerprint density at radius 1 is 1.04 bits per heavy atom. The van der Waals surface area contributed by atoms with Crippen molar-refractivity contribution >= 4 is 11.7 Å². The van der Waals surface area contributed by atoms with Crippen LogP contribution >= 0.6 is 0 Å². The van der Waals surface area contributed by atoms with E-state index < -0.39 is 0 Å². The fourth-order valence-corrected chi connectivity index (χ4v) is 3.94. The van der Waals surface area contributed by atoms with Crippen molar-refractivity contribution in [2.45, 2.75) is 39.0 Å². The summed E-state index contributed by atoms with van der Waals surface area (Å²) in [5.74, 6) is 3.74. The Hall–Kier alpha value is -3.35. The van der Waals surface area contributed by atoms with E-state index in [2.05, 4.69) is 26.0 Å². The molecule has 1 fully saturated rings. The van der Waals surface area contributed by atoms with Gasteiger partial charge in [-0.1, -0.05) is 12.6 Å². The molecule has 0 bridgehead atoms. The molecule has 0 aromatic carbocycles. The molecule has 4 aromatic heterocycles. The van der Waals surface area contributed by atoms with Crippen molar-refractivity contribution in [1.29, 1.82) is 0 Å². The molecule has 7 heteroatoms. The fraction of sp³-hybridized carbons (Fsp3) is 0.286. The minimum absolute atomic E-state index is 0.328. The van der Waals surface area contributed by atoms with Crippen molar-refractivity contribution in [2.24, 2.45) is 0 Å². The third-order valence-corrected chi connectivity index (χ3v) is 5.25. The van der Waals surface area contributed by atoms with Gasteiger partial charge in [-0.2, -0.15) is 4.68 Å². The molecule has 7 nitrogen and oxygen atoms in total. The van der Waals surface area contributed by atoms with Gasteiger partial charge in [-0.25, -0.2) is 19.9 Å². The van der Waals surface area contributed by atoms with Crippen LogP contribution in [0.15, 0.2) is 37.0 Å². The number of pyridine rings is 1. The van der Waals surface area contributed by atoms with Crippen molar-refractivity contribution < 1.29 is 0 Å². The number of hydrogen-bond acceptors (Lipinski definition) is 5. The summed E-state index contributed by atoms with van der Waals surface area (Å²) in [5.41, 5.74) is 4.15. The van der Waals surface area contributed by atoms with Crippen molar-refractivity contribution in [1.82, 2.24) is 34.1 Å². The van der Waals surface area contributed by atoms with Crippen LogP contribution in [-0.4, -0.2) is 34.1 Å². The van der Waals surface area contributed by atoms with Crippen LogP contribution in [-0.2, 0) is 0 Å². The van der Waals surface area contributed by atoms with E-state index in [0.29, 0.717) is 11.8 Å². The first-order valence-corrected chi connectivity index (χ1v) is 9.41. The monoisotopic (exact) mass is 371 g/mol. The topological polar surface area (TPSA) is 73.8 Å². The van der Waals surface area contributed by atoms with E-state index in [1.54, 1.807) is 4.68 Å². The smallest absolute Gasteiger partial charge is 0.159 e. The number of aromatic nitrogens is 7. The maximum absolute atomic E-state index is 4.86. The first kappa shape index (κ1) is 16.8. The van der Waals surface area contributed by atoms with Crippen molar-refractivity contribution in [3.05, 3.63) is 71.6 Å². The summed E-state index contributed by atoms with van der Waals surface area (Å²) in [4.78, 5) is 18.5. The minimum atomic E-state index is 0.328. The molecular formula is C21H21N7. The molecule has 0 amide bonds. The lowest BCUT2D eigenvalue weighted by molar-refractivity contribution is 0.778. The second-order valence-corrected chi connectivity index (χ2v) is 7.28. The highest BCUT2D eigenvalue weighted by Crippen LogP contribution is 2.54. The summed E-state index contributed by atoms with van der Waals surface area (Å²) >= 11 is 0. The lowest BCUT2D eigenvalue weighted by Crippen LogP contribution is -2.06. The molecule has 4 aromatic rings. The predicted octanol–water partition coefficient (Wildman–Crippen LogP) is 3.54. The number of aryl methyl sites for hydroxylation is 3. The van der Waals surface area contributed by atoms with Gasteiger partial charge in [0.25, 0.3) is 0 Å². The molecule has 1 aliphatic carbocycles. The Labute approximate surface area is 162 Å². The quantitative estimate of drug-likeness (QED) is 0.548. The van der Waals surface area contributed by atoms with Gasteiger partial charge >= 0.3 is 0 Å². The first-order chi connectivity index (χ1) is 13.5. The zero-order chi connectivity index (χ0) is 19.4. The third-order valence-electron chi connectivity index (χ3n) is 5.25. The molecule has 1 saturated carbocycles. The van der Waals surface area contributed by atoms with E-state index in [4.69, 9.17) is 9.97 Å². The van der Waals surface area contributed by atoms with E-state index in [-0.39, 0.29) is 0 Å². The Morgan fingerprint density at radius 2 is 1.89 bits per heavy atom. The maximum Gasteiger partial charge on any atom is 0.159 e. The number of nitrogens with zero attached hydrogens (tertiary/aromatic N) is 7. The molecule has 0 aliphatic heterocycles. The van der Waals surface area contributed by atoms with Gasteiger partial charge in [0.15, 0.2) is 5.82 Å². The maximum atomic E-state index is 4.86. The van der Waals surface area contributed by atoms with Crippen LogP contribution in [0, 0.1) is 20.8 Å². The molecular weight excluding hydrogens is 350 g/mol. The second kappa shape index (κ2) is 6.09. The van der Waals surface area contributed by atoms with Crippen molar-refractivity contribution in [3.63, 3.8) is 0 Å². The van der Waals surface area contributed by atoms with Gasteiger partial charge in [0.1, 0.15) is 23.1 Å². The number of hydrogen-bond donors (Lipinski definition) is 0. The highest BCUT2D eigenvalue weighted by atomic mass is 15.4. The third kappa shape index (κ3) is 2.62. The Kier molecular flexibility index (Phi) is 3.65. The molecule has 0 radical (unpaired) electrons. The molecule has 2 atom stereocenters. The zero-order valence-corrected chi connectivity index (χ0v) is 16.2. The summed E-state index contributed by atoms with van der Waals surface area (Å²) in [6, 6.07) is 8.07. The van der Waals surface area contributed by atoms with Crippen LogP contribution in [0.2, 0.25) is 0 Å². The molecule has 28 heavy (non-hydrogen) atoms. The van der Waals surface area contributed by atoms with Crippen LogP contribution in [0.25, 0.3) is 17.5 Å². The molecule has 0 N–H and O–H groups in total. The molecule has 5 rings (SSSR count). The summed E-state index contributed by atoms with van der Waals surface area (Å²) in [6.07, 6.45) is 4.95. The van der Waals surface area contributed by atoms with Crippen LogP contribution in [0.5, 0.6) is 0 Å². The Bertz CT molecular complexity index is 1220. The van der Waals surface area contributed by atoms with Crippen LogP contribution in [0.3, 0.4) is 0 Å². The van der Waals surface area contributed by atoms with Crippen LogP contribution in [0.1, 0.15) is 52.8 Å². The number of imidazole rings is 1. The highest BCUT2D eigenvalue weighted by Gasteiger charge is 2.44. The summed E-state index contributed by atoms with van der Waals surface area (Å²) in [6.45, 7) is 9.74. The van der Waals surface area contributed by atoms with Gasteiger partial charge in [0.05, 0.1) is 17.1 Å². The average molecular weight is 371 g/mol. The summed E-state index contributed by atoms with van der Waals surface area (Å²) < 4.78 is 3.88. The lowest BCUT2D eigenvalue weighted by atomic mass is 10.1. The van der Waals surface area contributed by atoms with Crippen LogP contribution in [0.4, 0.5) is 0 Å². The normalized spacial score (nSPS) is 18.5. The summed E-state index contributed by atoms with van der Waals surface area (Å²) in [5, 5.41) is 4.46. The lowest BCUT2D eigenvalue weighted by Gasteiger charge is -2.07. The van der Waals surface area contributed by atoms with E-state index in [0.717, 1.165) is 52.4 Å². The van der Waals surface area contributed by atoms with E-state index >= 15 is 0 Å². The van der Waals surface area contributed by atoms with E-state index in [9.17, 15) is 0 Å². The van der Waals surface area contributed by atoms with Gasteiger partial charge < -0.3 is 4.40 Å². The number of fused-ring (bicyclic) bond motifs is 1. The van der Waals surface area contributed by atoms with Crippen molar-refractivity contribution in [2.75, 3.05) is 0 Å². The van der Waals surface area contributed by atoms with Gasteiger partial charge in [0, 0.05) is 24.1 Å². The zero-order valence-electron chi connectivity index (χ0n) is 16.2. The van der Waals surface area contributed by atoms with E-state index in [1.807, 2.05) is 57.3 Å². The first-order valence-electron chi connectivity index (χ1n) is 9.41. The fourth-order valence-electron chi connectivity index (χ4n) is 3.94. The molecule has 4 heterocycles. The van der Waals surface area contributed by atoms with Gasteiger partial charge in [-0.15, -0.1) is 5.10 Å². The molecule has 140 valence electrons. The van der Waals surface area contributed by atoms with Gasteiger partial charge in [0.2, 0.25) is 0 Å². The van der Waals surface area contributed by atoms with Gasteiger partial charge in [-0.3, -0.25) is 0 Å². The summed E-state index contributed by atoms with van der Waals surface area (Å²) in [7, 11) is 0. The highest BCUT2D eigenvalue weighted by molar-refractivity contribution is 5.57. The minimum Gasteiger partial charge on any atom is -0.300 e. The predicted molar refractivity (Wildman–Crippen MR) is 107 cm³/mol. The van der Waals surface area contributed by atoms with Crippen LogP contribution < -0.4 is 0 Å². The molecule has 1 unspecified atom stereocenters. The second-order valence-electron chi connectivity index (χ2n) is 7.28.